The van der Waals surface area contributed by atoms with E-state index in [0.29, 0.717) is 12.1 Å². The third kappa shape index (κ3) is 3.10. The van der Waals surface area contributed by atoms with Gasteiger partial charge in [0.1, 0.15) is 5.82 Å². The minimum atomic E-state index is 0.137. The van der Waals surface area contributed by atoms with Gasteiger partial charge in [-0.3, -0.25) is 14.6 Å². The van der Waals surface area contributed by atoms with E-state index in [9.17, 15) is 4.79 Å². The van der Waals surface area contributed by atoms with Crippen molar-refractivity contribution in [3.8, 4) is 0 Å². The standard InChI is InChI=1S/C26H35N3O/c1-17-27-25-11-3-2-10-24(25)26(30)28(17)23-15-20-8-5-9-21(16-23)29(20)22-13-18-6-4-7-19(12-18)14-22/h2-3,10-11,18-23,27H,1,4-9,12-16H2. The van der Waals surface area contributed by atoms with Gasteiger partial charge in [-0.1, -0.05) is 44.4 Å². The number of nitrogens with zero attached hydrogens (tertiary/aromatic N) is 2. The Morgan fingerprint density at radius 3 is 2.20 bits per heavy atom. The maximum absolute atomic E-state index is 13.4. The molecule has 0 radical (unpaired) electrons. The molecule has 4 atom stereocenters. The summed E-state index contributed by atoms with van der Waals surface area (Å²) in [6, 6.07) is 10.2. The number of anilines is 1. The van der Waals surface area contributed by atoms with Crippen LogP contribution >= 0.6 is 0 Å². The molecule has 3 heterocycles. The fourth-order valence-corrected chi connectivity index (χ4v) is 7.77. The Morgan fingerprint density at radius 2 is 1.47 bits per heavy atom. The number of carbonyl (C=O) groups excluding carboxylic acids is 1. The predicted octanol–water partition coefficient (Wildman–Crippen LogP) is 5.38. The molecular weight excluding hydrogens is 370 g/mol. The maximum Gasteiger partial charge on any atom is 0.261 e. The summed E-state index contributed by atoms with van der Waals surface area (Å²) in [5, 5.41) is 3.40. The van der Waals surface area contributed by atoms with Gasteiger partial charge in [0.05, 0.1) is 11.3 Å². The van der Waals surface area contributed by atoms with E-state index in [-0.39, 0.29) is 11.9 Å². The lowest BCUT2D eigenvalue weighted by atomic mass is 9.68. The Hall–Kier alpha value is -1.81. The first-order chi connectivity index (χ1) is 14.7. The largest absolute Gasteiger partial charge is 0.341 e. The summed E-state index contributed by atoms with van der Waals surface area (Å²) in [5.41, 5.74) is 1.69. The van der Waals surface area contributed by atoms with Gasteiger partial charge >= 0.3 is 0 Å². The average Bonchev–Trinajstić information content (AvgIpc) is 2.73. The monoisotopic (exact) mass is 405 g/mol. The molecule has 160 valence electrons. The first-order valence-corrected chi connectivity index (χ1v) is 12.3. The Bertz CT molecular complexity index is 824. The maximum atomic E-state index is 13.4. The highest BCUT2D eigenvalue weighted by Gasteiger charge is 2.47. The molecule has 4 fully saturated rings. The van der Waals surface area contributed by atoms with Crippen LogP contribution in [-0.4, -0.2) is 39.9 Å². The van der Waals surface area contributed by atoms with Crippen LogP contribution in [0.25, 0.3) is 0 Å². The lowest BCUT2D eigenvalue weighted by Crippen LogP contribution is -2.62. The van der Waals surface area contributed by atoms with E-state index in [1.807, 2.05) is 29.2 Å². The molecule has 3 aliphatic heterocycles. The Morgan fingerprint density at radius 1 is 0.800 bits per heavy atom. The predicted molar refractivity (Wildman–Crippen MR) is 120 cm³/mol. The highest BCUT2D eigenvalue weighted by molar-refractivity contribution is 6.03. The van der Waals surface area contributed by atoms with E-state index in [1.54, 1.807) is 0 Å². The number of nitrogens with one attached hydrogen (secondary N) is 1. The first-order valence-electron chi connectivity index (χ1n) is 12.3. The molecule has 1 amide bonds. The quantitative estimate of drug-likeness (QED) is 0.717. The molecule has 4 nitrogen and oxygen atoms in total. The molecule has 0 spiro atoms. The third-order valence-electron chi connectivity index (χ3n) is 8.84. The highest BCUT2D eigenvalue weighted by atomic mass is 16.2. The van der Waals surface area contributed by atoms with Crippen LogP contribution in [-0.2, 0) is 0 Å². The molecule has 6 rings (SSSR count). The molecule has 2 saturated heterocycles. The van der Waals surface area contributed by atoms with Gasteiger partial charge in [0.2, 0.25) is 0 Å². The van der Waals surface area contributed by atoms with E-state index in [0.717, 1.165) is 47.8 Å². The van der Waals surface area contributed by atoms with Crippen LogP contribution in [0.4, 0.5) is 5.69 Å². The Balaban J connectivity index is 1.23. The van der Waals surface area contributed by atoms with E-state index in [4.69, 9.17) is 0 Å². The Labute approximate surface area is 180 Å². The molecule has 5 aliphatic rings. The van der Waals surface area contributed by atoms with Crippen LogP contribution in [0.15, 0.2) is 36.7 Å². The second kappa shape index (κ2) is 7.40. The zero-order valence-electron chi connectivity index (χ0n) is 18.1. The van der Waals surface area contributed by atoms with Crippen molar-refractivity contribution in [2.45, 2.75) is 94.8 Å². The van der Waals surface area contributed by atoms with Crippen LogP contribution in [0.2, 0.25) is 0 Å². The van der Waals surface area contributed by atoms with Crippen LogP contribution in [0.3, 0.4) is 0 Å². The van der Waals surface area contributed by atoms with Gasteiger partial charge < -0.3 is 5.32 Å². The molecule has 2 aliphatic carbocycles. The molecule has 1 aromatic rings. The SMILES string of the molecule is C=C1Nc2ccccc2C(=O)N1C1CC2CCCC(C1)N2C1CC2CCCC(C2)C1. The van der Waals surface area contributed by atoms with E-state index in [1.165, 1.54) is 57.8 Å². The Kier molecular flexibility index (Phi) is 4.67. The van der Waals surface area contributed by atoms with Crippen molar-refractivity contribution >= 4 is 11.6 Å². The van der Waals surface area contributed by atoms with Gasteiger partial charge in [0, 0.05) is 24.2 Å². The molecule has 1 aromatic carbocycles. The summed E-state index contributed by atoms with van der Waals surface area (Å²) in [5.74, 6) is 2.86. The van der Waals surface area contributed by atoms with Gasteiger partial charge in [-0.25, -0.2) is 0 Å². The number of para-hydroxylation sites is 1. The van der Waals surface area contributed by atoms with Gasteiger partial charge in [0.15, 0.2) is 0 Å². The molecular formula is C26H35N3O. The van der Waals surface area contributed by atoms with Crippen molar-refractivity contribution in [1.82, 2.24) is 9.80 Å². The smallest absolute Gasteiger partial charge is 0.261 e. The van der Waals surface area contributed by atoms with Crippen LogP contribution in [0.5, 0.6) is 0 Å². The zero-order valence-corrected chi connectivity index (χ0v) is 18.1. The number of hydrogen-bond donors (Lipinski definition) is 1. The molecule has 4 bridgehead atoms. The molecule has 4 unspecified atom stereocenters. The lowest BCUT2D eigenvalue weighted by molar-refractivity contribution is -0.0539. The number of piperidine rings is 2. The van der Waals surface area contributed by atoms with Crippen molar-refractivity contribution in [1.29, 1.82) is 0 Å². The van der Waals surface area contributed by atoms with Gasteiger partial charge in [-0.05, 0) is 68.9 Å². The van der Waals surface area contributed by atoms with Crippen molar-refractivity contribution in [3.63, 3.8) is 0 Å². The summed E-state index contributed by atoms with van der Waals surface area (Å²) in [7, 11) is 0. The number of rotatable bonds is 2. The average molecular weight is 406 g/mol. The summed E-state index contributed by atoms with van der Waals surface area (Å²) in [4.78, 5) is 18.3. The van der Waals surface area contributed by atoms with Crippen molar-refractivity contribution in [2.75, 3.05) is 5.32 Å². The van der Waals surface area contributed by atoms with Crippen molar-refractivity contribution in [2.24, 2.45) is 11.8 Å². The number of fused-ring (bicyclic) bond motifs is 5. The number of carbonyl (C=O) groups is 1. The second-order valence-electron chi connectivity index (χ2n) is 10.6. The number of hydrogen-bond acceptors (Lipinski definition) is 3. The lowest BCUT2D eigenvalue weighted by Gasteiger charge is -2.56. The van der Waals surface area contributed by atoms with E-state index < -0.39 is 0 Å². The topological polar surface area (TPSA) is 35.6 Å². The first kappa shape index (κ1) is 18.9. The van der Waals surface area contributed by atoms with Crippen LogP contribution in [0, 0.1) is 11.8 Å². The van der Waals surface area contributed by atoms with Gasteiger partial charge in [0.25, 0.3) is 5.91 Å². The molecule has 2 saturated carbocycles. The van der Waals surface area contributed by atoms with Crippen LogP contribution in [0.1, 0.15) is 81.0 Å². The third-order valence-corrected chi connectivity index (χ3v) is 8.84. The van der Waals surface area contributed by atoms with Gasteiger partial charge in [-0.15, -0.1) is 0 Å². The summed E-state index contributed by atoms with van der Waals surface area (Å²) >= 11 is 0. The van der Waals surface area contributed by atoms with E-state index >= 15 is 0 Å². The molecule has 4 heteroatoms. The molecule has 0 aromatic heterocycles. The van der Waals surface area contributed by atoms with E-state index in [2.05, 4.69) is 16.8 Å². The van der Waals surface area contributed by atoms with Crippen LogP contribution < -0.4 is 5.32 Å². The summed E-state index contributed by atoms with van der Waals surface area (Å²) < 4.78 is 0. The fraction of sp³-hybridized carbons (Fsp3) is 0.654. The summed E-state index contributed by atoms with van der Waals surface area (Å²) in [6.07, 6.45) is 14.9. The normalized spacial score (nSPS) is 38.7. The van der Waals surface area contributed by atoms with Crippen molar-refractivity contribution < 1.29 is 4.79 Å². The zero-order chi connectivity index (χ0) is 20.2. The minimum Gasteiger partial charge on any atom is -0.341 e. The summed E-state index contributed by atoms with van der Waals surface area (Å²) in [6.45, 7) is 4.24. The second-order valence-corrected chi connectivity index (χ2v) is 10.6. The molecule has 30 heavy (non-hydrogen) atoms. The highest BCUT2D eigenvalue weighted by Crippen LogP contribution is 2.47. The minimum absolute atomic E-state index is 0.137. The van der Waals surface area contributed by atoms with Gasteiger partial charge in [-0.2, -0.15) is 0 Å². The van der Waals surface area contributed by atoms with Crippen molar-refractivity contribution in [3.05, 3.63) is 42.2 Å². The fourth-order valence-electron chi connectivity index (χ4n) is 7.77. The number of amides is 1. The molecule has 1 N–H and O–H groups in total. The number of benzene rings is 1.